The third kappa shape index (κ3) is 4.85. The van der Waals surface area contributed by atoms with Crippen LogP contribution in [0.1, 0.15) is 21.0 Å². The smallest absolute Gasteiger partial charge is 0.274 e. The Morgan fingerprint density at radius 2 is 1.71 bits per heavy atom. The molecule has 0 bridgehead atoms. The molecule has 0 atom stereocenters. The number of carbonyl (C=O) groups is 2. The van der Waals surface area contributed by atoms with E-state index in [0.29, 0.717) is 13.1 Å². The first-order chi connectivity index (χ1) is 11.5. The van der Waals surface area contributed by atoms with Crippen LogP contribution >= 0.6 is 0 Å². The molecule has 0 aliphatic rings. The summed E-state index contributed by atoms with van der Waals surface area (Å²) in [7, 11) is 3.80. The lowest BCUT2D eigenvalue weighted by atomic mass is 10.2. The Morgan fingerprint density at radius 1 is 1.04 bits per heavy atom. The van der Waals surface area contributed by atoms with Crippen molar-refractivity contribution in [3.8, 4) is 0 Å². The lowest BCUT2D eigenvalue weighted by Crippen LogP contribution is -2.32. The van der Waals surface area contributed by atoms with Crippen LogP contribution in [-0.2, 0) is 0 Å². The summed E-state index contributed by atoms with van der Waals surface area (Å²) in [6, 6.07) is 10.4. The summed E-state index contributed by atoms with van der Waals surface area (Å²) in [4.78, 5) is 30.2. The highest BCUT2D eigenvalue weighted by Gasteiger charge is 2.13. The van der Waals surface area contributed by atoms with Gasteiger partial charge in [-0.05, 0) is 38.4 Å². The van der Waals surface area contributed by atoms with Crippen molar-refractivity contribution in [3.05, 3.63) is 59.7 Å². The second-order valence-corrected chi connectivity index (χ2v) is 5.40. The van der Waals surface area contributed by atoms with Crippen molar-refractivity contribution < 1.29 is 14.0 Å². The number of likely N-dealkylation sites (N-methyl/N-ethyl adjacent to an activating group) is 1. The first-order valence-corrected chi connectivity index (χ1v) is 7.43. The molecular formula is C17H19FN4O2. The van der Waals surface area contributed by atoms with Gasteiger partial charge in [0, 0.05) is 13.1 Å². The highest BCUT2D eigenvalue weighted by atomic mass is 19.1. The summed E-state index contributed by atoms with van der Waals surface area (Å²) in [5.41, 5.74) is 0.235. The number of carbonyl (C=O) groups excluding carboxylic acids is 2. The zero-order chi connectivity index (χ0) is 17.5. The molecule has 24 heavy (non-hydrogen) atoms. The second-order valence-electron chi connectivity index (χ2n) is 5.40. The molecule has 6 nitrogen and oxygen atoms in total. The van der Waals surface area contributed by atoms with Crippen LogP contribution in [-0.4, -0.2) is 48.9 Å². The van der Waals surface area contributed by atoms with Crippen LogP contribution < -0.4 is 10.6 Å². The monoisotopic (exact) mass is 330 g/mol. The fraction of sp³-hybridized carbons (Fsp3) is 0.235. The van der Waals surface area contributed by atoms with E-state index in [2.05, 4.69) is 15.6 Å². The number of aromatic nitrogens is 1. The molecule has 0 aliphatic carbocycles. The molecule has 1 heterocycles. The second kappa shape index (κ2) is 8.16. The van der Waals surface area contributed by atoms with Crippen molar-refractivity contribution in [1.82, 2.24) is 15.2 Å². The van der Waals surface area contributed by atoms with Gasteiger partial charge in [-0.1, -0.05) is 18.2 Å². The average molecular weight is 330 g/mol. The molecule has 2 rings (SSSR count). The van der Waals surface area contributed by atoms with E-state index in [9.17, 15) is 14.0 Å². The molecule has 0 unspecified atom stereocenters. The number of rotatable bonds is 6. The minimum atomic E-state index is -0.581. The van der Waals surface area contributed by atoms with E-state index in [1.807, 2.05) is 19.0 Å². The average Bonchev–Trinajstić information content (AvgIpc) is 2.56. The predicted molar refractivity (Wildman–Crippen MR) is 89.5 cm³/mol. The zero-order valence-electron chi connectivity index (χ0n) is 13.5. The van der Waals surface area contributed by atoms with Gasteiger partial charge >= 0.3 is 0 Å². The molecule has 0 aliphatic heterocycles. The number of pyridine rings is 1. The maximum absolute atomic E-state index is 13.6. The van der Waals surface area contributed by atoms with Gasteiger partial charge in [0.2, 0.25) is 0 Å². The fourth-order valence-electron chi connectivity index (χ4n) is 1.92. The summed E-state index contributed by atoms with van der Waals surface area (Å²) in [5, 5.41) is 5.16. The van der Waals surface area contributed by atoms with Crippen LogP contribution in [0.4, 0.5) is 10.1 Å². The van der Waals surface area contributed by atoms with E-state index in [-0.39, 0.29) is 23.0 Å². The van der Waals surface area contributed by atoms with Crippen LogP contribution in [0, 0.1) is 5.82 Å². The van der Waals surface area contributed by atoms with E-state index in [1.54, 1.807) is 12.1 Å². The van der Waals surface area contributed by atoms with Gasteiger partial charge in [-0.25, -0.2) is 9.37 Å². The van der Waals surface area contributed by atoms with Gasteiger partial charge in [-0.3, -0.25) is 9.59 Å². The van der Waals surface area contributed by atoms with E-state index >= 15 is 0 Å². The Kier molecular flexibility index (Phi) is 5.97. The van der Waals surface area contributed by atoms with Crippen molar-refractivity contribution in [3.63, 3.8) is 0 Å². The molecule has 2 amide bonds. The van der Waals surface area contributed by atoms with Crippen LogP contribution in [0.15, 0.2) is 42.5 Å². The molecule has 2 N–H and O–H groups in total. The molecule has 0 fully saturated rings. The Morgan fingerprint density at radius 3 is 2.38 bits per heavy atom. The standard InChI is InChI=1S/C17H19FN4O2/c1-22(2)11-10-19-16(23)14-8-5-9-15(20-14)17(24)21-13-7-4-3-6-12(13)18/h3-9H,10-11H2,1-2H3,(H,19,23)(H,21,24). The zero-order valence-corrected chi connectivity index (χ0v) is 13.5. The highest BCUT2D eigenvalue weighted by molar-refractivity contribution is 6.03. The molecule has 0 saturated carbocycles. The molecule has 1 aromatic carbocycles. The maximum atomic E-state index is 13.6. The number of nitrogens with one attached hydrogen (secondary N) is 2. The van der Waals surface area contributed by atoms with Crippen molar-refractivity contribution in [2.75, 3.05) is 32.5 Å². The molecule has 126 valence electrons. The number of hydrogen-bond acceptors (Lipinski definition) is 4. The minimum absolute atomic E-state index is 0.0403. The topological polar surface area (TPSA) is 74.3 Å². The highest BCUT2D eigenvalue weighted by Crippen LogP contribution is 2.13. The molecule has 2 aromatic rings. The minimum Gasteiger partial charge on any atom is -0.349 e. The van der Waals surface area contributed by atoms with E-state index in [4.69, 9.17) is 0 Å². The van der Waals surface area contributed by atoms with Crippen LogP contribution in [0.2, 0.25) is 0 Å². The normalized spacial score (nSPS) is 10.5. The van der Waals surface area contributed by atoms with Crippen molar-refractivity contribution in [1.29, 1.82) is 0 Å². The maximum Gasteiger partial charge on any atom is 0.274 e. The first kappa shape index (κ1) is 17.6. The van der Waals surface area contributed by atoms with Crippen LogP contribution in [0.25, 0.3) is 0 Å². The first-order valence-electron chi connectivity index (χ1n) is 7.43. The van der Waals surface area contributed by atoms with Crippen molar-refractivity contribution >= 4 is 17.5 Å². The van der Waals surface area contributed by atoms with Gasteiger partial charge in [-0.2, -0.15) is 0 Å². The summed E-state index contributed by atoms with van der Waals surface area (Å²) in [6.45, 7) is 1.17. The van der Waals surface area contributed by atoms with Gasteiger partial charge in [0.05, 0.1) is 5.69 Å². The summed E-state index contributed by atoms with van der Waals surface area (Å²) in [6.07, 6.45) is 0. The van der Waals surface area contributed by atoms with Crippen molar-refractivity contribution in [2.24, 2.45) is 0 Å². The Hall–Kier alpha value is -2.80. The Bertz CT molecular complexity index is 734. The third-order valence-electron chi connectivity index (χ3n) is 3.18. The molecule has 1 aromatic heterocycles. The Balaban J connectivity index is 2.05. The van der Waals surface area contributed by atoms with Gasteiger partial charge < -0.3 is 15.5 Å². The third-order valence-corrected chi connectivity index (χ3v) is 3.18. The number of amides is 2. The van der Waals surface area contributed by atoms with Gasteiger partial charge in [0.1, 0.15) is 17.2 Å². The lowest BCUT2D eigenvalue weighted by molar-refractivity contribution is 0.0946. The van der Waals surface area contributed by atoms with E-state index in [1.165, 1.54) is 30.3 Å². The molecule has 7 heteroatoms. The number of benzene rings is 1. The number of halogens is 1. The molecule has 0 radical (unpaired) electrons. The summed E-state index contributed by atoms with van der Waals surface area (Å²) in [5.74, 6) is -1.48. The fourth-order valence-corrected chi connectivity index (χ4v) is 1.92. The largest absolute Gasteiger partial charge is 0.349 e. The predicted octanol–water partition coefficient (Wildman–Crippen LogP) is 1.76. The number of nitrogens with zero attached hydrogens (tertiary/aromatic N) is 2. The number of para-hydroxylation sites is 1. The Labute approximate surface area is 139 Å². The molecule has 0 spiro atoms. The number of hydrogen-bond donors (Lipinski definition) is 2. The van der Waals surface area contributed by atoms with Crippen LogP contribution in [0.3, 0.4) is 0 Å². The lowest BCUT2D eigenvalue weighted by Gasteiger charge is -2.10. The van der Waals surface area contributed by atoms with E-state index < -0.39 is 11.7 Å². The van der Waals surface area contributed by atoms with Crippen molar-refractivity contribution in [2.45, 2.75) is 0 Å². The molecular weight excluding hydrogens is 311 g/mol. The summed E-state index contributed by atoms with van der Waals surface area (Å²) >= 11 is 0. The van der Waals surface area contributed by atoms with Gasteiger partial charge in [0.15, 0.2) is 0 Å². The molecule has 0 saturated heterocycles. The number of anilines is 1. The van der Waals surface area contributed by atoms with Gasteiger partial charge in [-0.15, -0.1) is 0 Å². The quantitative estimate of drug-likeness (QED) is 0.846. The van der Waals surface area contributed by atoms with E-state index in [0.717, 1.165) is 0 Å². The van der Waals surface area contributed by atoms with Crippen LogP contribution in [0.5, 0.6) is 0 Å². The summed E-state index contributed by atoms with van der Waals surface area (Å²) < 4.78 is 13.6. The van der Waals surface area contributed by atoms with Gasteiger partial charge in [0.25, 0.3) is 11.8 Å². The SMILES string of the molecule is CN(C)CCNC(=O)c1cccc(C(=O)Nc2ccccc2F)n1.